The van der Waals surface area contributed by atoms with E-state index in [4.69, 9.17) is 4.74 Å². The first kappa shape index (κ1) is 15.2. The summed E-state index contributed by atoms with van der Waals surface area (Å²) in [5, 5.41) is 21.7. The number of rotatable bonds is 6. The van der Waals surface area contributed by atoms with Crippen molar-refractivity contribution in [3.05, 3.63) is 80.4 Å². The summed E-state index contributed by atoms with van der Waals surface area (Å²) in [6, 6.07) is 10.3. The second-order valence-electron chi connectivity index (χ2n) is 4.36. The maximum absolute atomic E-state index is 10.9. The van der Waals surface area contributed by atoms with E-state index < -0.39 is 9.85 Å². The molecular weight excluding hydrogens is 288 g/mol. The van der Waals surface area contributed by atoms with Gasteiger partial charge >= 0.3 is 0 Å². The third kappa shape index (κ3) is 3.26. The predicted molar refractivity (Wildman–Crippen MR) is 80.6 cm³/mol. The minimum Gasteiger partial charge on any atom is -0.488 e. The molecule has 0 aliphatic rings. The average molecular weight is 300 g/mol. The van der Waals surface area contributed by atoms with Crippen LogP contribution < -0.4 is 4.74 Å². The van der Waals surface area contributed by atoms with Gasteiger partial charge in [0, 0.05) is 23.8 Å². The Morgan fingerprint density at radius 2 is 1.82 bits per heavy atom. The average Bonchev–Trinajstić information content (AvgIpc) is 2.52. The van der Waals surface area contributed by atoms with Gasteiger partial charge in [0.2, 0.25) is 0 Å². The van der Waals surface area contributed by atoms with E-state index in [-0.39, 0.29) is 18.0 Å². The molecule has 2 aromatic carbocycles. The highest BCUT2D eigenvalue weighted by Crippen LogP contribution is 2.27. The Balaban J connectivity index is 2.24. The van der Waals surface area contributed by atoms with Crippen LogP contribution in [0.15, 0.2) is 49.0 Å². The number of benzene rings is 2. The summed E-state index contributed by atoms with van der Waals surface area (Å²) < 4.78 is 5.54. The summed E-state index contributed by atoms with van der Waals surface area (Å²) in [5.74, 6) is 0.374. The van der Waals surface area contributed by atoms with Crippen molar-refractivity contribution in [3.63, 3.8) is 0 Å². The second kappa shape index (κ2) is 6.49. The fraction of sp³-hybridized carbons (Fsp3) is 0.0667. The molecule has 7 nitrogen and oxygen atoms in total. The number of para-hydroxylation sites is 1. The van der Waals surface area contributed by atoms with Crippen LogP contribution in [0.4, 0.5) is 11.4 Å². The summed E-state index contributed by atoms with van der Waals surface area (Å²) in [7, 11) is 0. The maximum atomic E-state index is 10.9. The van der Waals surface area contributed by atoms with Crippen molar-refractivity contribution in [3.8, 4) is 5.75 Å². The third-order valence-corrected chi connectivity index (χ3v) is 3.00. The molecule has 0 bridgehead atoms. The maximum Gasteiger partial charge on any atom is 0.276 e. The van der Waals surface area contributed by atoms with E-state index in [1.54, 1.807) is 18.2 Å². The number of hydrogen-bond acceptors (Lipinski definition) is 5. The van der Waals surface area contributed by atoms with Crippen LogP contribution in [-0.4, -0.2) is 9.85 Å². The lowest BCUT2D eigenvalue weighted by atomic mass is 10.1. The normalized spacial score (nSPS) is 10.0. The number of nitrogens with zero attached hydrogens (tertiary/aromatic N) is 2. The Bertz CT molecular complexity index is 742. The summed E-state index contributed by atoms with van der Waals surface area (Å²) in [6.45, 7) is 3.56. The van der Waals surface area contributed by atoms with Gasteiger partial charge in [-0.2, -0.15) is 0 Å². The molecule has 0 heterocycles. The van der Waals surface area contributed by atoms with Gasteiger partial charge in [0.15, 0.2) is 0 Å². The molecule has 0 atom stereocenters. The Morgan fingerprint density at radius 1 is 1.09 bits per heavy atom. The summed E-state index contributed by atoms with van der Waals surface area (Å²) in [4.78, 5) is 20.7. The van der Waals surface area contributed by atoms with Crippen LogP contribution in [0.25, 0.3) is 6.08 Å². The SMILES string of the molecule is C=Cc1cc([N+](=O)[O-])ccc1OCc1ccccc1[N+](=O)[O-]. The smallest absolute Gasteiger partial charge is 0.276 e. The second-order valence-corrected chi connectivity index (χ2v) is 4.36. The van der Waals surface area contributed by atoms with E-state index in [9.17, 15) is 20.2 Å². The molecule has 7 heteroatoms. The van der Waals surface area contributed by atoms with Crippen molar-refractivity contribution in [2.75, 3.05) is 0 Å². The van der Waals surface area contributed by atoms with Gasteiger partial charge in [0.25, 0.3) is 11.4 Å². The van der Waals surface area contributed by atoms with Gasteiger partial charge in [-0.25, -0.2) is 0 Å². The molecule has 0 fully saturated rings. The molecule has 0 N–H and O–H groups in total. The summed E-state index contributed by atoms with van der Waals surface area (Å²) >= 11 is 0. The van der Waals surface area contributed by atoms with E-state index >= 15 is 0 Å². The Hall–Kier alpha value is -3.22. The molecule has 0 radical (unpaired) electrons. The van der Waals surface area contributed by atoms with Gasteiger partial charge in [0.1, 0.15) is 12.4 Å². The number of hydrogen-bond donors (Lipinski definition) is 0. The lowest BCUT2D eigenvalue weighted by molar-refractivity contribution is -0.385. The molecule has 0 aromatic heterocycles. The highest BCUT2D eigenvalue weighted by molar-refractivity contribution is 5.59. The van der Waals surface area contributed by atoms with E-state index in [0.717, 1.165) is 0 Å². The lowest BCUT2D eigenvalue weighted by Crippen LogP contribution is -2.01. The standard InChI is InChI=1S/C15H12N2O5/c1-2-11-9-13(16(18)19)7-8-15(11)22-10-12-5-3-4-6-14(12)17(20)21/h2-9H,1,10H2. The number of non-ortho nitro benzene ring substituents is 1. The molecule has 0 spiro atoms. The van der Waals surface area contributed by atoms with Gasteiger partial charge in [-0.05, 0) is 12.1 Å². The van der Waals surface area contributed by atoms with Crippen LogP contribution in [0.5, 0.6) is 5.75 Å². The number of nitro benzene ring substituents is 2. The Kier molecular flexibility index (Phi) is 4.47. The molecule has 112 valence electrons. The van der Waals surface area contributed by atoms with E-state index in [2.05, 4.69) is 6.58 Å². The van der Waals surface area contributed by atoms with Crippen LogP contribution in [0, 0.1) is 20.2 Å². The zero-order valence-electron chi connectivity index (χ0n) is 11.5. The molecular formula is C15H12N2O5. The van der Waals surface area contributed by atoms with Gasteiger partial charge in [-0.15, -0.1) is 0 Å². The molecule has 0 saturated carbocycles. The number of ether oxygens (including phenoxy) is 1. The molecule has 0 amide bonds. The Labute approximate surface area is 125 Å². The van der Waals surface area contributed by atoms with Gasteiger partial charge < -0.3 is 4.74 Å². The highest BCUT2D eigenvalue weighted by Gasteiger charge is 2.14. The van der Waals surface area contributed by atoms with Gasteiger partial charge in [0.05, 0.1) is 15.4 Å². The molecule has 0 unspecified atom stereocenters. The van der Waals surface area contributed by atoms with E-state index in [1.165, 1.54) is 30.3 Å². The van der Waals surface area contributed by atoms with Crippen molar-refractivity contribution in [2.45, 2.75) is 6.61 Å². The van der Waals surface area contributed by atoms with Crippen LogP contribution in [0.3, 0.4) is 0 Å². The Morgan fingerprint density at radius 3 is 2.45 bits per heavy atom. The van der Waals surface area contributed by atoms with Crippen LogP contribution in [0.1, 0.15) is 11.1 Å². The monoisotopic (exact) mass is 300 g/mol. The first-order valence-electron chi connectivity index (χ1n) is 6.29. The van der Waals surface area contributed by atoms with Crippen molar-refractivity contribution >= 4 is 17.5 Å². The zero-order chi connectivity index (χ0) is 16.1. The van der Waals surface area contributed by atoms with Gasteiger partial charge in [-0.3, -0.25) is 20.2 Å². The van der Waals surface area contributed by atoms with E-state index in [1.807, 2.05) is 0 Å². The van der Waals surface area contributed by atoms with Crippen LogP contribution in [-0.2, 0) is 6.61 Å². The molecule has 0 aliphatic carbocycles. The molecule has 2 aromatic rings. The van der Waals surface area contributed by atoms with Crippen molar-refractivity contribution in [2.24, 2.45) is 0 Å². The minimum absolute atomic E-state index is 0.0181. The zero-order valence-corrected chi connectivity index (χ0v) is 11.5. The first-order chi connectivity index (χ1) is 10.5. The molecule has 2 rings (SSSR count). The van der Waals surface area contributed by atoms with Gasteiger partial charge in [-0.1, -0.05) is 24.8 Å². The number of nitro groups is 2. The lowest BCUT2D eigenvalue weighted by Gasteiger charge is -2.09. The largest absolute Gasteiger partial charge is 0.488 e. The van der Waals surface area contributed by atoms with Crippen LogP contribution >= 0.6 is 0 Å². The third-order valence-electron chi connectivity index (χ3n) is 3.00. The fourth-order valence-electron chi connectivity index (χ4n) is 1.91. The van der Waals surface area contributed by atoms with Crippen LogP contribution in [0.2, 0.25) is 0 Å². The fourth-order valence-corrected chi connectivity index (χ4v) is 1.91. The molecule has 0 saturated heterocycles. The van der Waals surface area contributed by atoms with E-state index in [0.29, 0.717) is 16.9 Å². The summed E-state index contributed by atoms with van der Waals surface area (Å²) in [6.07, 6.45) is 1.43. The van der Waals surface area contributed by atoms with Crippen molar-refractivity contribution < 1.29 is 14.6 Å². The van der Waals surface area contributed by atoms with Crippen molar-refractivity contribution in [1.29, 1.82) is 0 Å². The van der Waals surface area contributed by atoms with Crippen molar-refractivity contribution in [1.82, 2.24) is 0 Å². The summed E-state index contributed by atoms with van der Waals surface area (Å²) in [5.41, 5.74) is 0.756. The quantitative estimate of drug-likeness (QED) is 0.598. The minimum atomic E-state index is -0.515. The first-order valence-corrected chi connectivity index (χ1v) is 6.29. The topological polar surface area (TPSA) is 95.5 Å². The molecule has 22 heavy (non-hydrogen) atoms. The predicted octanol–water partition coefficient (Wildman–Crippen LogP) is 3.73. The molecule has 0 aliphatic heterocycles. The highest BCUT2D eigenvalue weighted by atomic mass is 16.6.